The van der Waals surface area contributed by atoms with Gasteiger partial charge in [-0.05, 0) is 130 Å². The Kier molecular flexibility index (Phi) is 21.7. The summed E-state index contributed by atoms with van der Waals surface area (Å²) in [7, 11) is 2.21. The molecule has 3 N–H and O–H groups in total. The Balaban J connectivity index is 0.00000322. The van der Waals surface area contributed by atoms with Crippen LogP contribution in [0.4, 0.5) is 0 Å². The quantitative estimate of drug-likeness (QED) is 0.0298. The summed E-state index contributed by atoms with van der Waals surface area (Å²) in [6.45, 7) is 41.7. The second-order valence-corrected chi connectivity index (χ2v) is 20.0. The number of hydrazine groups is 1. The van der Waals surface area contributed by atoms with Crippen molar-refractivity contribution >= 4 is 10.9 Å². The van der Waals surface area contributed by atoms with Crippen molar-refractivity contribution < 1.29 is 29.6 Å². The largest absolute Gasteiger partial charge is 1.00 e. The molecule has 2 aromatic carbocycles. The van der Waals surface area contributed by atoms with Crippen LogP contribution >= 0.6 is 0 Å². The van der Waals surface area contributed by atoms with Crippen LogP contribution in [-0.4, -0.2) is 82.9 Å². The topological polar surface area (TPSA) is 63.6 Å². The standard InChI is InChI=1S/C56H83N8.C2H2.Na/c1-14-26-56(11,12)37-50-49-36-46(22-23-53(49)62(17-4)55(50)48-21-20-27-58-51(48)15-2)47-33-40(7)32-44(34-47)35-52(43(10)64-29-19-18-28-59-64)60-41(8)54(39(5)6)63-31-25-45(42(63)9)24-30-61(13)38-57-16-3;1-2;/h15,20-23,27,32-34,36,39,45,52,54,57,59-60H,8-10,14,16-19,24-26,28-31,35,37-38H2,1-7,11-13H3;1-2H;/q-1;;+1. The summed E-state index contributed by atoms with van der Waals surface area (Å²) in [5.74, 6) is 0.847. The van der Waals surface area contributed by atoms with Gasteiger partial charge in [-0.25, -0.2) is 11.8 Å². The Morgan fingerprint density at radius 3 is 2.46 bits per heavy atom. The van der Waals surface area contributed by atoms with Crippen molar-refractivity contribution in [3.05, 3.63) is 120 Å². The molecule has 2 aliphatic rings. The molecule has 0 saturated carbocycles. The summed E-state index contributed by atoms with van der Waals surface area (Å²) >= 11 is 0. The fraction of sp³-hybridized carbons (Fsp3) is 0.517. The summed E-state index contributed by atoms with van der Waals surface area (Å²) < 4.78 is 2.53. The molecule has 9 heteroatoms. The third kappa shape index (κ3) is 13.9. The average molecular weight is 917 g/mol. The minimum Gasteiger partial charge on any atom is -0.378 e. The molecule has 0 amide bonds. The van der Waals surface area contributed by atoms with Gasteiger partial charge in [-0.1, -0.05) is 109 Å². The van der Waals surface area contributed by atoms with Crippen LogP contribution < -0.4 is 45.6 Å². The van der Waals surface area contributed by atoms with E-state index in [1.165, 1.54) is 68.5 Å². The second kappa shape index (κ2) is 26.2. The number of nitrogens with one attached hydrogen (secondary N) is 3. The summed E-state index contributed by atoms with van der Waals surface area (Å²) in [6, 6.07) is 18.8. The Morgan fingerprint density at radius 2 is 1.81 bits per heavy atom. The minimum atomic E-state index is -0.0412. The van der Waals surface area contributed by atoms with Crippen molar-refractivity contribution in [3.8, 4) is 35.2 Å². The van der Waals surface area contributed by atoms with Gasteiger partial charge >= 0.3 is 29.6 Å². The minimum absolute atomic E-state index is 0. The molecule has 2 fully saturated rings. The number of hydrogen-bond acceptors (Lipinski definition) is 7. The van der Waals surface area contributed by atoms with Gasteiger partial charge in [-0.3, -0.25) is 9.88 Å². The molecule has 358 valence electrons. The van der Waals surface area contributed by atoms with Gasteiger partial charge in [0.05, 0.1) is 12.1 Å². The molecule has 4 aromatic rings. The van der Waals surface area contributed by atoms with E-state index in [4.69, 9.17) is 24.7 Å². The average Bonchev–Trinajstić information content (AvgIpc) is 3.82. The number of benzene rings is 2. The third-order valence-corrected chi connectivity index (χ3v) is 13.9. The number of likely N-dealkylation sites (tertiary alicyclic amines) is 1. The first-order valence-electron chi connectivity index (χ1n) is 25.0. The van der Waals surface area contributed by atoms with Gasteiger partial charge in [0.25, 0.3) is 0 Å². The zero-order valence-electron chi connectivity index (χ0n) is 43.7. The van der Waals surface area contributed by atoms with E-state index in [1.807, 2.05) is 6.20 Å². The number of rotatable bonds is 23. The van der Waals surface area contributed by atoms with Gasteiger partial charge < -0.3 is 25.1 Å². The first kappa shape index (κ1) is 55.7. The Labute approximate surface area is 429 Å². The van der Waals surface area contributed by atoms with Gasteiger partial charge in [0.1, 0.15) is 0 Å². The van der Waals surface area contributed by atoms with Crippen molar-refractivity contribution in [2.45, 2.75) is 132 Å². The maximum Gasteiger partial charge on any atom is 1.00 e. The van der Waals surface area contributed by atoms with E-state index in [1.54, 1.807) is 0 Å². The van der Waals surface area contributed by atoms with E-state index in [0.29, 0.717) is 11.8 Å². The van der Waals surface area contributed by atoms with E-state index in [2.05, 4.69) is 173 Å². The van der Waals surface area contributed by atoms with E-state index < -0.39 is 0 Å². The predicted octanol–water partition coefficient (Wildman–Crippen LogP) is 8.77. The number of pyridine rings is 1. The second-order valence-electron chi connectivity index (χ2n) is 20.0. The van der Waals surface area contributed by atoms with Crippen molar-refractivity contribution in [2.24, 2.45) is 17.3 Å². The number of aryl methyl sites for hydroxylation is 2. The SMILES string of the molecule is C#C.C=C(NC(Cc1cc(C)cc(-c2ccc3c(c2)c(CC(C)(C)CCC)c(-c2cccnc2[CH-]C)n3CC)c1)C(=C)N1CCCCN1)C(C(C)C)N1CCC(CCN(C)CNCC)C1=C.[Na+]. The molecule has 67 heavy (non-hydrogen) atoms. The van der Waals surface area contributed by atoms with E-state index in [0.717, 1.165) is 102 Å². The zero-order valence-corrected chi connectivity index (χ0v) is 45.7. The monoisotopic (exact) mass is 917 g/mol. The Morgan fingerprint density at radius 1 is 1.04 bits per heavy atom. The van der Waals surface area contributed by atoms with Crippen LogP contribution in [0.2, 0.25) is 0 Å². The first-order chi connectivity index (χ1) is 31.7. The third-order valence-electron chi connectivity index (χ3n) is 13.9. The van der Waals surface area contributed by atoms with Gasteiger partial charge in [0, 0.05) is 73.0 Å². The van der Waals surface area contributed by atoms with Gasteiger partial charge in [-0.15, -0.1) is 31.4 Å². The smallest absolute Gasteiger partial charge is 0.378 e. The summed E-state index contributed by atoms with van der Waals surface area (Å²) in [5, 5.41) is 11.1. The summed E-state index contributed by atoms with van der Waals surface area (Å²) in [6.07, 6.45) is 20.8. The van der Waals surface area contributed by atoms with Crippen LogP contribution in [0, 0.1) is 43.4 Å². The maximum absolute atomic E-state index is 4.82. The number of nitrogens with zero attached hydrogens (tertiary/aromatic N) is 5. The molecule has 2 aliphatic heterocycles. The van der Waals surface area contributed by atoms with Crippen molar-refractivity contribution in [1.82, 2.24) is 40.4 Å². The molecule has 3 unspecified atom stereocenters. The molecule has 8 nitrogen and oxygen atoms in total. The number of allylic oxidation sites excluding steroid dienone is 1. The molecule has 2 aromatic heterocycles. The van der Waals surface area contributed by atoms with Crippen LogP contribution in [0.5, 0.6) is 0 Å². The number of fused-ring (bicyclic) bond motifs is 1. The normalized spacial score (nSPS) is 16.1. The van der Waals surface area contributed by atoms with E-state index in [9.17, 15) is 0 Å². The zero-order chi connectivity index (χ0) is 48.1. The molecular formula is C58H85N8Na. The summed E-state index contributed by atoms with van der Waals surface area (Å²) in [5.41, 5.74) is 18.5. The Hall–Kier alpha value is -3.94. The van der Waals surface area contributed by atoms with Crippen molar-refractivity contribution in [3.63, 3.8) is 0 Å². The fourth-order valence-corrected chi connectivity index (χ4v) is 10.8. The van der Waals surface area contributed by atoms with E-state index >= 15 is 0 Å². The fourth-order valence-electron chi connectivity index (χ4n) is 10.8. The molecule has 0 radical (unpaired) electrons. The van der Waals surface area contributed by atoms with E-state index in [-0.39, 0.29) is 47.1 Å². The molecule has 3 atom stereocenters. The first-order valence-corrected chi connectivity index (χ1v) is 25.0. The molecule has 6 rings (SSSR count). The molecule has 4 heterocycles. The van der Waals surface area contributed by atoms with Crippen LogP contribution in [-0.2, 0) is 19.4 Å². The molecule has 2 saturated heterocycles. The summed E-state index contributed by atoms with van der Waals surface area (Å²) in [4.78, 5) is 9.76. The molecule has 0 aliphatic carbocycles. The molecular weight excluding hydrogens is 832 g/mol. The van der Waals surface area contributed by atoms with Crippen LogP contribution in [0.1, 0.15) is 116 Å². The number of terminal acetylenes is 1. The van der Waals surface area contributed by atoms with Crippen LogP contribution in [0.3, 0.4) is 0 Å². The van der Waals surface area contributed by atoms with Gasteiger partial charge in [0.15, 0.2) is 0 Å². The Bertz CT molecular complexity index is 2260. The van der Waals surface area contributed by atoms with Crippen molar-refractivity contribution in [2.75, 3.05) is 46.4 Å². The van der Waals surface area contributed by atoms with Crippen LogP contribution in [0.15, 0.2) is 91.6 Å². The maximum atomic E-state index is 4.82. The predicted molar refractivity (Wildman–Crippen MR) is 284 cm³/mol. The molecule has 0 spiro atoms. The van der Waals surface area contributed by atoms with Gasteiger partial charge in [-0.2, -0.15) is 0 Å². The van der Waals surface area contributed by atoms with Crippen LogP contribution in [0.25, 0.3) is 33.3 Å². The number of hydrogen-bond donors (Lipinski definition) is 3. The molecule has 0 bridgehead atoms. The number of aromatic nitrogens is 2. The van der Waals surface area contributed by atoms with Gasteiger partial charge in [0.2, 0.25) is 0 Å². The van der Waals surface area contributed by atoms with Crippen molar-refractivity contribution in [1.29, 1.82) is 0 Å².